The molecule has 0 saturated heterocycles. The van der Waals surface area contributed by atoms with Crippen LogP contribution in [0.4, 0.5) is 0 Å². The first-order valence-corrected chi connectivity index (χ1v) is 7.53. The van der Waals surface area contributed by atoms with Crippen molar-refractivity contribution >= 4 is 15.8 Å². The summed E-state index contributed by atoms with van der Waals surface area (Å²) < 4.78 is 27.3. The Morgan fingerprint density at radius 2 is 2.11 bits per heavy atom. The molecule has 0 atom stereocenters. The van der Waals surface area contributed by atoms with E-state index in [4.69, 9.17) is 4.74 Å². The van der Waals surface area contributed by atoms with Crippen molar-refractivity contribution < 1.29 is 17.9 Å². The Labute approximate surface area is 107 Å². The molecule has 98 valence electrons. The molecule has 0 amide bonds. The van der Waals surface area contributed by atoms with Crippen LogP contribution in [0, 0.1) is 0 Å². The van der Waals surface area contributed by atoms with Gasteiger partial charge in [0.05, 0.1) is 11.3 Å². The van der Waals surface area contributed by atoms with E-state index < -0.39 is 15.8 Å². The standard InChI is InChI=1S/C13H16O4S/c1-3-4-8-17-13(14)12-7-5-6-11(9-12)10-18(2,15)16/h3-7,9H,8,10H2,1-2H3/b4-3+. The molecule has 1 rings (SSSR count). The third-order valence-corrected chi connectivity index (χ3v) is 3.00. The molecular weight excluding hydrogens is 252 g/mol. The summed E-state index contributed by atoms with van der Waals surface area (Å²) >= 11 is 0. The monoisotopic (exact) mass is 268 g/mol. The van der Waals surface area contributed by atoms with Crippen LogP contribution in [0.25, 0.3) is 0 Å². The lowest BCUT2D eigenvalue weighted by molar-refractivity contribution is 0.0549. The van der Waals surface area contributed by atoms with Gasteiger partial charge in [-0.25, -0.2) is 13.2 Å². The molecule has 0 heterocycles. The molecule has 0 spiro atoms. The lowest BCUT2D eigenvalue weighted by Crippen LogP contribution is -2.07. The molecule has 1 aromatic carbocycles. The maximum Gasteiger partial charge on any atom is 0.338 e. The maximum absolute atomic E-state index is 11.6. The fraction of sp³-hybridized carbons (Fsp3) is 0.308. The Balaban J connectivity index is 2.78. The van der Waals surface area contributed by atoms with Gasteiger partial charge in [-0.05, 0) is 24.6 Å². The lowest BCUT2D eigenvalue weighted by atomic mass is 10.1. The maximum atomic E-state index is 11.6. The predicted octanol–water partition coefficient (Wildman–Crippen LogP) is 1.96. The zero-order valence-corrected chi connectivity index (χ0v) is 11.2. The number of esters is 1. The van der Waals surface area contributed by atoms with E-state index in [1.54, 1.807) is 36.4 Å². The van der Waals surface area contributed by atoms with Crippen molar-refractivity contribution in [2.75, 3.05) is 12.9 Å². The molecule has 1 aromatic rings. The van der Waals surface area contributed by atoms with E-state index in [0.29, 0.717) is 11.1 Å². The summed E-state index contributed by atoms with van der Waals surface area (Å²) in [6.45, 7) is 2.05. The Bertz CT molecular complexity index is 544. The molecule has 18 heavy (non-hydrogen) atoms. The van der Waals surface area contributed by atoms with Gasteiger partial charge in [-0.1, -0.05) is 24.3 Å². The smallest absolute Gasteiger partial charge is 0.338 e. The van der Waals surface area contributed by atoms with Gasteiger partial charge in [0.2, 0.25) is 0 Å². The topological polar surface area (TPSA) is 60.4 Å². The molecule has 0 saturated carbocycles. The summed E-state index contributed by atoms with van der Waals surface area (Å²) in [4.78, 5) is 11.6. The van der Waals surface area contributed by atoms with Crippen molar-refractivity contribution in [3.8, 4) is 0 Å². The van der Waals surface area contributed by atoms with Crippen molar-refractivity contribution in [2.24, 2.45) is 0 Å². The van der Waals surface area contributed by atoms with E-state index in [1.165, 1.54) is 0 Å². The highest BCUT2D eigenvalue weighted by atomic mass is 32.2. The molecule has 0 bridgehead atoms. The van der Waals surface area contributed by atoms with Crippen LogP contribution < -0.4 is 0 Å². The number of rotatable bonds is 5. The second kappa shape index (κ2) is 6.35. The predicted molar refractivity (Wildman–Crippen MR) is 70.1 cm³/mol. The highest BCUT2D eigenvalue weighted by Crippen LogP contribution is 2.10. The second-order valence-electron chi connectivity index (χ2n) is 3.94. The fourth-order valence-corrected chi connectivity index (χ4v) is 2.18. The van der Waals surface area contributed by atoms with Crippen molar-refractivity contribution in [3.63, 3.8) is 0 Å². The summed E-state index contributed by atoms with van der Waals surface area (Å²) in [5, 5.41) is 0. The van der Waals surface area contributed by atoms with E-state index in [1.807, 2.05) is 6.92 Å². The number of ether oxygens (including phenoxy) is 1. The molecule has 0 aliphatic carbocycles. The quantitative estimate of drug-likeness (QED) is 0.605. The van der Waals surface area contributed by atoms with Gasteiger partial charge in [-0.15, -0.1) is 0 Å². The first-order chi connectivity index (χ1) is 8.42. The van der Waals surface area contributed by atoms with E-state index in [9.17, 15) is 13.2 Å². The Morgan fingerprint density at radius 3 is 2.72 bits per heavy atom. The summed E-state index contributed by atoms with van der Waals surface area (Å²) in [5.41, 5.74) is 0.943. The highest BCUT2D eigenvalue weighted by Gasteiger charge is 2.09. The second-order valence-corrected chi connectivity index (χ2v) is 6.08. The number of carbonyl (C=O) groups excluding carboxylic acids is 1. The molecule has 5 heteroatoms. The first-order valence-electron chi connectivity index (χ1n) is 5.47. The van der Waals surface area contributed by atoms with E-state index in [2.05, 4.69) is 0 Å². The van der Waals surface area contributed by atoms with Crippen LogP contribution in [0.15, 0.2) is 36.4 Å². The van der Waals surface area contributed by atoms with Crippen molar-refractivity contribution in [1.82, 2.24) is 0 Å². The Morgan fingerprint density at radius 1 is 1.39 bits per heavy atom. The number of sulfone groups is 1. The normalized spacial score (nSPS) is 11.7. The molecule has 0 radical (unpaired) electrons. The molecular formula is C13H16O4S. The van der Waals surface area contributed by atoms with Crippen molar-refractivity contribution in [3.05, 3.63) is 47.5 Å². The number of carbonyl (C=O) groups is 1. The lowest BCUT2D eigenvalue weighted by Gasteiger charge is -2.04. The van der Waals surface area contributed by atoms with E-state index in [0.717, 1.165) is 6.26 Å². The SMILES string of the molecule is C/C=C/COC(=O)c1cccc(CS(C)(=O)=O)c1. The molecule has 0 aliphatic heterocycles. The summed E-state index contributed by atoms with van der Waals surface area (Å²) in [5.74, 6) is -0.536. The minimum atomic E-state index is -3.10. The van der Waals surface area contributed by atoms with Crippen LogP contribution in [0.3, 0.4) is 0 Å². The summed E-state index contributed by atoms with van der Waals surface area (Å²) in [6, 6.07) is 6.46. The van der Waals surface area contributed by atoms with Crippen LogP contribution >= 0.6 is 0 Å². The number of hydrogen-bond acceptors (Lipinski definition) is 4. The molecule has 0 N–H and O–H groups in total. The van der Waals surface area contributed by atoms with Crippen LogP contribution in [0.2, 0.25) is 0 Å². The zero-order chi connectivity index (χ0) is 13.6. The minimum Gasteiger partial charge on any atom is -0.458 e. The van der Waals surface area contributed by atoms with Crippen LogP contribution in [0.1, 0.15) is 22.8 Å². The molecule has 0 fully saturated rings. The average Bonchev–Trinajstić information content (AvgIpc) is 2.27. The van der Waals surface area contributed by atoms with Gasteiger partial charge >= 0.3 is 5.97 Å². The molecule has 0 unspecified atom stereocenters. The number of benzene rings is 1. The summed E-state index contributed by atoms with van der Waals surface area (Å²) in [6.07, 6.45) is 4.66. The number of hydrogen-bond donors (Lipinski definition) is 0. The van der Waals surface area contributed by atoms with Gasteiger partial charge in [0.15, 0.2) is 9.84 Å². The molecule has 0 aromatic heterocycles. The highest BCUT2D eigenvalue weighted by molar-refractivity contribution is 7.89. The first kappa shape index (κ1) is 14.4. The Kier molecular flexibility index (Phi) is 5.09. The third kappa shape index (κ3) is 5.14. The third-order valence-electron chi connectivity index (χ3n) is 2.14. The van der Waals surface area contributed by atoms with Gasteiger partial charge in [0.1, 0.15) is 6.61 Å². The minimum absolute atomic E-state index is 0.0804. The van der Waals surface area contributed by atoms with Crippen LogP contribution in [-0.4, -0.2) is 27.2 Å². The van der Waals surface area contributed by atoms with Gasteiger partial charge in [0.25, 0.3) is 0 Å². The zero-order valence-electron chi connectivity index (χ0n) is 10.4. The summed E-state index contributed by atoms with van der Waals surface area (Å²) in [7, 11) is -3.10. The largest absolute Gasteiger partial charge is 0.458 e. The average molecular weight is 268 g/mol. The van der Waals surface area contributed by atoms with E-state index in [-0.39, 0.29) is 12.4 Å². The molecule has 4 nitrogen and oxygen atoms in total. The van der Waals surface area contributed by atoms with Gasteiger partial charge < -0.3 is 4.74 Å². The fourth-order valence-electron chi connectivity index (χ4n) is 1.39. The Hall–Kier alpha value is -1.62. The number of allylic oxidation sites excluding steroid dienone is 1. The van der Waals surface area contributed by atoms with Gasteiger partial charge in [-0.2, -0.15) is 0 Å². The van der Waals surface area contributed by atoms with Crippen molar-refractivity contribution in [1.29, 1.82) is 0 Å². The van der Waals surface area contributed by atoms with Crippen LogP contribution in [-0.2, 0) is 20.3 Å². The van der Waals surface area contributed by atoms with Crippen molar-refractivity contribution in [2.45, 2.75) is 12.7 Å². The van der Waals surface area contributed by atoms with E-state index >= 15 is 0 Å². The van der Waals surface area contributed by atoms with Crippen LogP contribution in [0.5, 0.6) is 0 Å². The van der Waals surface area contributed by atoms with Gasteiger partial charge in [-0.3, -0.25) is 0 Å². The molecule has 0 aliphatic rings. The van der Waals surface area contributed by atoms with Gasteiger partial charge in [0, 0.05) is 6.26 Å².